The molecule has 0 radical (unpaired) electrons. The Kier molecular flexibility index (Phi) is 4.42. The van der Waals surface area contributed by atoms with Crippen LogP contribution in [-0.2, 0) is 4.79 Å². The first-order valence-corrected chi connectivity index (χ1v) is 11.3. The first-order valence-electron chi connectivity index (χ1n) is 11.3. The Morgan fingerprint density at radius 1 is 0.962 bits per heavy atom. The maximum Gasteiger partial charge on any atom is 0.133 e. The van der Waals surface area contributed by atoms with E-state index in [2.05, 4.69) is 34.6 Å². The lowest BCUT2D eigenvalue weighted by molar-refractivity contribution is -0.198. The lowest BCUT2D eigenvalue weighted by Gasteiger charge is -2.65. The van der Waals surface area contributed by atoms with Crippen LogP contribution in [0.5, 0.6) is 0 Å². The summed E-state index contributed by atoms with van der Waals surface area (Å²) in [5.41, 5.74) is 0.312. The molecule has 2 heteroatoms. The predicted molar refractivity (Wildman–Crippen MR) is 106 cm³/mol. The molecule has 0 aromatic rings. The lowest BCUT2D eigenvalue weighted by atomic mass is 9.40. The normalized spacial score (nSPS) is 59.3. The molecule has 4 aliphatic rings. The summed E-state index contributed by atoms with van der Waals surface area (Å²) in [5.74, 6) is 5.29. The lowest BCUT2D eigenvalue weighted by Crippen LogP contribution is -2.62. The van der Waals surface area contributed by atoms with Crippen molar-refractivity contribution in [1.29, 1.82) is 0 Å². The van der Waals surface area contributed by atoms with Gasteiger partial charge in [-0.05, 0) is 97.7 Å². The van der Waals surface area contributed by atoms with Crippen LogP contribution >= 0.6 is 0 Å². The van der Waals surface area contributed by atoms with Crippen molar-refractivity contribution in [2.75, 3.05) is 0 Å². The van der Waals surface area contributed by atoms with Gasteiger partial charge in [0.1, 0.15) is 5.78 Å². The van der Waals surface area contributed by atoms with Crippen molar-refractivity contribution in [2.45, 2.75) is 86.2 Å². The summed E-state index contributed by atoms with van der Waals surface area (Å²) in [7, 11) is 0. The van der Waals surface area contributed by atoms with E-state index in [-0.39, 0.29) is 22.9 Å². The molecule has 1 N–H and O–H groups in total. The van der Waals surface area contributed by atoms with Crippen LogP contribution in [0, 0.1) is 58.2 Å². The predicted octanol–water partition coefficient (Wildman–Crippen LogP) is 5.33. The first kappa shape index (κ1) is 19.0. The third kappa shape index (κ3) is 2.36. The van der Waals surface area contributed by atoms with Crippen molar-refractivity contribution in [3.8, 4) is 0 Å². The van der Waals surface area contributed by atoms with Crippen LogP contribution in [0.15, 0.2) is 0 Å². The fourth-order valence-electron chi connectivity index (χ4n) is 9.34. The Labute approximate surface area is 160 Å². The number of carbonyl (C=O) groups is 1. The third-order valence-electron chi connectivity index (χ3n) is 10.3. The van der Waals surface area contributed by atoms with Crippen LogP contribution in [0.1, 0.15) is 80.1 Å². The number of carbonyl (C=O) groups excluding carboxylic acids is 1. The molecule has 0 heterocycles. The van der Waals surface area contributed by atoms with E-state index in [9.17, 15) is 9.90 Å². The minimum Gasteiger partial charge on any atom is -0.393 e. The van der Waals surface area contributed by atoms with Crippen molar-refractivity contribution >= 4 is 5.78 Å². The zero-order valence-electron chi connectivity index (χ0n) is 17.8. The molecule has 2 nitrogen and oxygen atoms in total. The molecule has 4 unspecified atom stereocenters. The number of aliphatic hydroxyl groups excluding tert-OH is 1. The number of hydrogen-bond donors (Lipinski definition) is 1. The molecule has 0 aromatic heterocycles. The van der Waals surface area contributed by atoms with Crippen molar-refractivity contribution < 1.29 is 9.90 Å². The zero-order chi connectivity index (χ0) is 19.0. The van der Waals surface area contributed by atoms with E-state index >= 15 is 0 Å². The molecule has 0 aliphatic heterocycles. The molecule has 11 atom stereocenters. The van der Waals surface area contributed by atoms with Crippen LogP contribution in [0.3, 0.4) is 0 Å². The maximum atomic E-state index is 12.3. The molecule has 0 amide bonds. The molecule has 148 valence electrons. The van der Waals surface area contributed by atoms with Gasteiger partial charge in [0.15, 0.2) is 0 Å². The number of Topliss-reactive ketones (excluding diaryl/α,β-unsaturated/α-hetero) is 1. The van der Waals surface area contributed by atoms with Crippen LogP contribution in [0.25, 0.3) is 0 Å². The van der Waals surface area contributed by atoms with Crippen LogP contribution in [0.2, 0.25) is 0 Å². The first-order chi connectivity index (χ1) is 12.1. The van der Waals surface area contributed by atoms with Gasteiger partial charge in [-0.3, -0.25) is 4.79 Å². The smallest absolute Gasteiger partial charge is 0.133 e. The standard InChI is InChI=1S/C24H40O2/c1-13-9-10-23(5)21(15(13)3)14(2)11-17-19-8-7-18(16(4)25)24(19,6)12-20(26)22(17)23/h13-15,17-22,26H,7-12H2,1-6H3/t13?,14-,15?,17-,18+,19-,20-,21?,22+,23-,24?/m0/s1. The minimum absolute atomic E-state index is 0.0307. The second-order valence-corrected chi connectivity index (χ2v) is 11.4. The fraction of sp³-hybridized carbons (Fsp3) is 0.958. The second-order valence-electron chi connectivity index (χ2n) is 11.4. The molecule has 4 rings (SSSR count). The fourth-order valence-corrected chi connectivity index (χ4v) is 9.34. The van der Waals surface area contributed by atoms with E-state index in [0.717, 1.165) is 36.5 Å². The summed E-state index contributed by atoms with van der Waals surface area (Å²) in [6.07, 6.45) is 6.75. The van der Waals surface area contributed by atoms with Gasteiger partial charge in [-0.15, -0.1) is 0 Å². The van der Waals surface area contributed by atoms with Crippen molar-refractivity contribution in [1.82, 2.24) is 0 Å². The van der Waals surface area contributed by atoms with Gasteiger partial charge >= 0.3 is 0 Å². The van der Waals surface area contributed by atoms with Gasteiger partial charge in [-0.25, -0.2) is 0 Å². The number of fused-ring (bicyclic) bond motifs is 5. The Hall–Kier alpha value is -0.370. The van der Waals surface area contributed by atoms with Crippen LogP contribution in [0.4, 0.5) is 0 Å². The van der Waals surface area contributed by atoms with Crippen molar-refractivity contribution in [3.63, 3.8) is 0 Å². The Bertz CT molecular complexity index is 585. The Balaban J connectivity index is 1.72. The molecule has 0 spiro atoms. The van der Waals surface area contributed by atoms with Gasteiger partial charge < -0.3 is 5.11 Å². The number of aliphatic hydroxyl groups is 1. The molecule has 0 bridgehead atoms. The van der Waals surface area contributed by atoms with Crippen molar-refractivity contribution in [3.05, 3.63) is 0 Å². The van der Waals surface area contributed by atoms with Gasteiger partial charge in [-0.2, -0.15) is 0 Å². The maximum absolute atomic E-state index is 12.3. The summed E-state index contributed by atoms with van der Waals surface area (Å²) in [6.45, 7) is 14.0. The molecular weight excluding hydrogens is 320 g/mol. The number of hydrogen-bond acceptors (Lipinski definition) is 2. The van der Waals surface area contributed by atoms with Gasteiger partial charge in [0.05, 0.1) is 6.10 Å². The van der Waals surface area contributed by atoms with E-state index in [1.807, 2.05) is 0 Å². The van der Waals surface area contributed by atoms with E-state index in [1.165, 1.54) is 25.7 Å². The van der Waals surface area contributed by atoms with Gasteiger partial charge in [-0.1, -0.05) is 34.6 Å². The second kappa shape index (κ2) is 6.06. The summed E-state index contributed by atoms with van der Waals surface area (Å²) in [6, 6.07) is 0. The largest absolute Gasteiger partial charge is 0.393 e. The van der Waals surface area contributed by atoms with E-state index in [0.29, 0.717) is 23.5 Å². The Morgan fingerprint density at radius 3 is 2.31 bits per heavy atom. The highest BCUT2D eigenvalue weighted by molar-refractivity contribution is 5.79. The SMILES string of the molecule is CC(=O)[C@H]1CC[C@H]2[C@@H]3C[C@H](C)C4C(C)C(C)CC[C@]4(C)[C@H]3[C@@H](O)CC12C. The average molecular weight is 361 g/mol. The highest BCUT2D eigenvalue weighted by atomic mass is 16.3. The molecule has 4 saturated carbocycles. The van der Waals surface area contributed by atoms with Gasteiger partial charge in [0.25, 0.3) is 0 Å². The molecule has 0 saturated heterocycles. The van der Waals surface area contributed by atoms with Crippen molar-refractivity contribution in [2.24, 2.45) is 58.2 Å². The van der Waals surface area contributed by atoms with E-state index in [4.69, 9.17) is 0 Å². The minimum atomic E-state index is -0.221. The van der Waals surface area contributed by atoms with Crippen LogP contribution < -0.4 is 0 Å². The molecule has 4 fully saturated rings. The molecule has 4 aliphatic carbocycles. The monoisotopic (exact) mass is 360 g/mol. The Morgan fingerprint density at radius 2 is 1.65 bits per heavy atom. The van der Waals surface area contributed by atoms with E-state index in [1.54, 1.807) is 6.92 Å². The number of rotatable bonds is 1. The molecule has 0 aromatic carbocycles. The van der Waals surface area contributed by atoms with Gasteiger partial charge in [0.2, 0.25) is 0 Å². The quantitative estimate of drug-likeness (QED) is 0.686. The van der Waals surface area contributed by atoms with Gasteiger partial charge in [0, 0.05) is 5.92 Å². The number of ketones is 1. The average Bonchev–Trinajstić information content (AvgIpc) is 2.87. The highest BCUT2D eigenvalue weighted by Crippen LogP contribution is 2.69. The third-order valence-corrected chi connectivity index (χ3v) is 10.3. The highest BCUT2D eigenvalue weighted by Gasteiger charge is 2.65. The van der Waals surface area contributed by atoms with E-state index < -0.39 is 0 Å². The van der Waals surface area contributed by atoms with Crippen LogP contribution in [-0.4, -0.2) is 17.0 Å². The summed E-state index contributed by atoms with van der Waals surface area (Å²) < 4.78 is 0. The molecular formula is C24H40O2. The summed E-state index contributed by atoms with van der Waals surface area (Å²) in [4.78, 5) is 12.3. The molecule has 26 heavy (non-hydrogen) atoms. The zero-order valence-corrected chi connectivity index (χ0v) is 17.8. The summed E-state index contributed by atoms with van der Waals surface area (Å²) >= 11 is 0. The summed E-state index contributed by atoms with van der Waals surface area (Å²) in [5, 5.41) is 11.4. The topological polar surface area (TPSA) is 37.3 Å².